The van der Waals surface area contributed by atoms with Crippen molar-refractivity contribution in [2.45, 2.75) is 13.5 Å². The minimum Gasteiger partial charge on any atom is -0.478 e. The van der Waals surface area contributed by atoms with Gasteiger partial charge in [-0.05, 0) is 18.6 Å². The zero-order valence-electron chi connectivity index (χ0n) is 9.60. The molecule has 0 saturated carbocycles. The molecule has 0 unspecified atom stereocenters. The number of carbonyl (C=O) groups excluding carboxylic acids is 1. The van der Waals surface area contributed by atoms with Crippen molar-refractivity contribution >= 4 is 11.9 Å². The first-order valence-electron chi connectivity index (χ1n) is 4.98. The van der Waals surface area contributed by atoms with Crippen molar-refractivity contribution in [3.05, 3.63) is 29.1 Å². The average molecular weight is 239 g/mol. The van der Waals surface area contributed by atoms with Gasteiger partial charge in [0.25, 0.3) is 0 Å². The molecule has 0 saturated heterocycles. The Morgan fingerprint density at radius 3 is 2.71 bits per heavy atom. The molecule has 0 aliphatic rings. The molecule has 1 N–H and O–H groups in total. The van der Waals surface area contributed by atoms with E-state index in [0.29, 0.717) is 5.56 Å². The van der Waals surface area contributed by atoms with E-state index in [1.54, 1.807) is 6.92 Å². The maximum Gasteiger partial charge on any atom is 0.357 e. The number of carboxylic acid groups (broad SMARTS) is 1. The van der Waals surface area contributed by atoms with Crippen molar-refractivity contribution in [1.29, 1.82) is 0 Å². The molecule has 0 aliphatic carbocycles. The topological polar surface area (TPSA) is 85.7 Å². The summed E-state index contributed by atoms with van der Waals surface area (Å²) in [4.78, 5) is 26.3. The van der Waals surface area contributed by atoms with Crippen molar-refractivity contribution in [1.82, 2.24) is 4.98 Å². The van der Waals surface area contributed by atoms with Crippen molar-refractivity contribution in [3.8, 4) is 0 Å². The number of esters is 1. The van der Waals surface area contributed by atoms with E-state index >= 15 is 0 Å². The summed E-state index contributed by atoms with van der Waals surface area (Å²) in [5.41, 5.74) is 0.204. The standard InChI is InChI=1S/C11H13NO5/c1-3-17-11(15)9-8(10(13)14)4-7(5-12-9)6-16-2/h4-5H,3,6H2,1-2H3,(H,13,14). The second-order valence-corrected chi connectivity index (χ2v) is 3.20. The molecule has 0 aromatic carbocycles. The van der Waals surface area contributed by atoms with E-state index in [1.807, 2.05) is 0 Å². The van der Waals surface area contributed by atoms with Gasteiger partial charge in [-0.15, -0.1) is 0 Å². The first-order valence-corrected chi connectivity index (χ1v) is 4.98. The summed E-state index contributed by atoms with van der Waals surface area (Å²) in [5.74, 6) is -1.97. The lowest BCUT2D eigenvalue weighted by atomic mass is 10.1. The number of methoxy groups -OCH3 is 1. The molecule has 0 fully saturated rings. The SMILES string of the molecule is CCOC(=O)c1ncc(COC)cc1C(=O)O. The molecule has 1 aromatic rings. The lowest BCUT2D eigenvalue weighted by Gasteiger charge is -2.06. The fourth-order valence-corrected chi connectivity index (χ4v) is 1.28. The Labute approximate surface area is 98.2 Å². The van der Waals surface area contributed by atoms with E-state index in [2.05, 4.69) is 4.98 Å². The van der Waals surface area contributed by atoms with Crippen molar-refractivity contribution in [2.75, 3.05) is 13.7 Å². The zero-order valence-corrected chi connectivity index (χ0v) is 9.60. The van der Waals surface area contributed by atoms with Crippen LogP contribution < -0.4 is 0 Å². The number of nitrogens with zero attached hydrogens (tertiary/aromatic N) is 1. The fourth-order valence-electron chi connectivity index (χ4n) is 1.28. The maximum absolute atomic E-state index is 11.5. The summed E-state index contributed by atoms with van der Waals surface area (Å²) >= 11 is 0. The largest absolute Gasteiger partial charge is 0.478 e. The molecule has 0 bridgehead atoms. The number of carbonyl (C=O) groups is 2. The molecular formula is C11H13NO5. The van der Waals surface area contributed by atoms with Crippen LogP contribution in [0.3, 0.4) is 0 Å². The lowest BCUT2D eigenvalue weighted by molar-refractivity contribution is 0.0507. The van der Waals surface area contributed by atoms with Gasteiger partial charge in [0, 0.05) is 13.3 Å². The van der Waals surface area contributed by atoms with Gasteiger partial charge in [0.2, 0.25) is 0 Å². The summed E-state index contributed by atoms with van der Waals surface area (Å²) in [6.45, 7) is 2.04. The molecule has 0 amide bonds. The molecule has 1 aromatic heterocycles. The summed E-state index contributed by atoms with van der Waals surface area (Å²) in [7, 11) is 1.49. The van der Waals surface area contributed by atoms with Gasteiger partial charge in [-0.3, -0.25) is 0 Å². The number of pyridine rings is 1. The summed E-state index contributed by atoms with van der Waals surface area (Å²) < 4.78 is 9.58. The lowest BCUT2D eigenvalue weighted by Crippen LogP contribution is -2.14. The minimum absolute atomic E-state index is 0.166. The van der Waals surface area contributed by atoms with Crippen LogP contribution in [0.1, 0.15) is 33.3 Å². The predicted molar refractivity (Wildman–Crippen MR) is 57.9 cm³/mol. The minimum atomic E-state index is -1.22. The van der Waals surface area contributed by atoms with E-state index < -0.39 is 11.9 Å². The Morgan fingerprint density at radius 1 is 1.47 bits per heavy atom. The van der Waals surface area contributed by atoms with E-state index in [9.17, 15) is 9.59 Å². The Morgan fingerprint density at radius 2 is 2.18 bits per heavy atom. The molecule has 17 heavy (non-hydrogen) atoms. The zero-order chi connectivity index (χ0) is 12.8. The molecule has 1 heterocycles. The van der Waals surface area contributed by atoms with Gasteiger partial charge in [-0.1, -0.05) is 0 Å². The summed E-state index contributed by atoms with van der Waals surface area (Å²) in [6, 6.07) is 1.35. The number of aromatic carboxylic acids is 1. The Bertz CT molecular complexity index is 430. The molecule has 92 valence electrons. The molecule has 6 nitrogen and oxygen atoms in total. The van der Waals surface area contributed by atoms with Gasteiger partial charge in [0.15, 0.2) is 5.69 Å². The van der Waals surface area contributed by atoms with Crippen molar-refractivity contribution in [3.63, 3.8) is 0 Å². The molecule has 0 radical (unpaired) electrons. The fraction of sp³-hybridized carbons (Fsp3) is 0.364. The number of hydrogen-bond acceptors (Lipinski definition) is 5. The van der Waals surface area contributed by atoms with E-state index in [4.69, 9.17) is 14.6 Å². The second kappa shape index (κ2) is 5.95. The molecule has 6 heteroatoms. The second-order valence-electron chi connectivity index (χ2n) is 3.20. The van der Waals surface area contributed by atoms with E-state index in [1.165, 1.54) is 19.4 Å². The Hall–Kier alpha value is -1.95. The van der Waals surface area contributed by atoms with Gasteiger partial charge in [-0.25, -0.2) is 14.6 Å². The van der Waals surface area contributed by atoms with Crippen LogP contribution in [0.15, 0.2) is 12.3 Å². The van der Waals surface area contributed by atoms with Gasteiger partial charge in [0.05, 0.1) is 18.8 Å². The highest BCUT2D eigenvalue weighted by Crippen LogP contribution is 2.11. The van der Waals surface area contributed by atoms with Gasteiger partial charge in [-0.2, -0.15) is 0 Å². The first kappa shape index (κ1) is 13.1. The normalized spacial score (nSPS) is 10.0. The summed E-state index contributed by atoms with van der Waals surface area (Å²) in [5, 5.41) is 8.99. The first-order chi connectivity index (χ1) is 8.10. The highest BCUT2D eigenvalue weighted by molar-refractivity contribution is 6.01. The van der Waals surface area contributed by atoms with Crippen molar-refractivity contribution in [2.24, 2.45) is 0 Å². The number of aromatic nitrogens is 1. The highest BCUT2D eigenvalue weighted by Gasteiger charge is 2.19. The van der Waals surface area contributed by atoms with Crippen LogP contribution in [0.4, 0.5) is 0 Å². The van der Waals surface area contributed by atoms with Gasteiger partial charge < -0.3 is 14.6 Å². The van der Waals surface area contributed by atoms with Crippen LogP contribution in [0.25, 0.3) is 0 Å². The molecule has 0 spiro atoms. The molecule has 1 rings (SSSR count). The smallest absolute Gasteiger partial charge is 0.357 e. The molecule has 0 aliphatic heterocycles. The van der Waals surface area contributed by atoms with Crippen LogP contribution in [-0.2, 0) is 16.1 Å². The predicted octanol–water partition coefficient (Wildman–Crippen LogP) is 1.10. The van der Waals surface area contributed by atoms with Gasteiger partial charge >= 0.3 is 11.9 Å². The maximum atomic E-state index is 11.5. The average Bonchev–Trinajstić information content (AvgIpc) is 2.29. The Balaban J connectivity index is 3.12. The third-order valence-corrected chi connectivity index (χ3v) is 1.95. The van der Waals surface area contributed by atoms with Crippen LogP contribution in [0.5, 0.6) is 0 Å². The highest BCUT2D eigenvalue weighted by atomic mass is 16.5. The third kappa shape index (κ3) is 3.25. The van der Waals surface area contributed by atoms with E-state index in [-0.39, 0.29) is 24.5 Å². The molecular weight excluding hydrogens is 226 g/mol. The van der Waals surface area contributed by atoms with Crippen molar-refractivity contribution < 1.29 is 24.2 Å². The third-order valence-electron chi connectivity index (χ3n) is 1.95. The van der Waals surface area contributed by atoms with Crippen LogP contribution >= 0.6 is 0 Å². The van der Waals surface area contributed by atoms with Crippen LogP contribution in [-0.4, -0.2) is 35.7 Å². The number of hydrogen-bond donors (Lipinski definition) is 1. The quantitative estimate of drug-likeness (QED) is 0.774. The van der Waals surface area contributed by atoms with Crippen LogP contribution in [0, 0.1) is 0 Å². The van der Waals surface area contributed by atoms with E-state index in [0.717, 1.165) is 0 Å². The summed E-state index contributed by atoms with van der Waals surface area (Å²) in [6.07, 6.45) is 1.39. The monoisotopic (exact) mass is 239 g/mol. The van der Waals surface area contributed by atoms with Gasteiger partial charge in [0.1, 0.15) is 0 Å². The Kier molecular flexibility index (Phi) is 4.59. The van der Waals surface area contributed by atoms with Crippen LogP contribution in [0.2, 0.25) is 0 Å². The molecule has 0 atom stereocenters. The number of carboxylic acids is 1. The number of rotatable bonds is 5. The number of ether oxygens (including phenoxy) is 2.